The summed E-state index contributed by atoms with van der Waals surface area (Å²) in [5.41, 5.74) is 5.16. The fraction of sp³-hybridized carbons (Fsp3) is 0. The van der Waals surface area contributed by atoms with Crippen molar-refractivity contribution in [2.75, 3.05) is 0 Å². The van der Waals surface area contributed by atoms with Gasteiger partial charge in [0, 0.05) is 10.9 Å². The quantitative estimate of drug-likeness (QED) is 0.722. The summed E-state index contributed by atoms with van der Waals surface area (Å²) in [6, 6.07) is 6.65. The molecule has 94 valence electrons. The summed E-state index contributed by atoms with van der Waals surface area (Å²) in [5, 5.41) is 15.1. The lowest BCUT2D eigenvalue weighted by atomic mass is 10.1. The predicted octanol–water partition coefficient (Wildman–Crippen LogP) is 0.292. The number of hydrogen-bond donors (Lipinski definition) is 3. The Morgan fingerprint density at radius 3 is 2.39 bits per heavy atom. The van der Waals surface area contributed by atoms with Crippen LogP contribution in [0.1, 0.15) is 10.4 Å². The van der Waals surface area contributed by atoms with Gasteiger partial charge >= 0.3 is 0 Å². The topological polar surface area (TPSA) is 123 Å². The Bertz CT molecular complexity index is 753. The minimum Gasteiger partial charge on any atom is -0.508 e. The zero-order chi connectivity index (χ0) is 13.5. The van der Waals surface area contributed by atoms with E-state index in [1.54, 1.807) is 0 Å². The molecule has 2 aromatic rings. The minimum absolute atomic E-state index is 0.0391. The first-order valence-corrected chi connectivity index (χ1v) is 6.43. The van der Waals surface area contributed by atoms with Crippen LogP contribution in [0.3, 0.4) is 0 Å². The second kappa shape index (κ2) is 3.97. The van der Waals surface area contributed by atoms with Crippen LogP contribution in [-0.4, -0.2) is 19.4 Å². The van der Waals surface area contributed by atoms with E-state index in [4.69, 9.17) is 10.9 Å². The summed E-state index contributed by atoms with van der Waals surface area (Å²) >= 11 is 0. The molecule has 0 aliphatic carbocycles. The molecule has 0 spiro atoms. The van der Waals surface area contributed by atoms with E-state index in [1.807, 2.05) is 0 Å². The number of hydrogen-bond acceptors (Lipinski definition) is 4. The molecule has 0 aliphatic rings. The molecule has 1 amide bonds. The number of sulfonamides is 1. The fourth-order valence-corrected chi connectivity index (χ4v) is 2.46. The number of primary sulfonamides is 1. The molecular weight excluding hydrogens is 256 g/mol. The lowest BCUT2D eigenvalue weighted by molar-refractivity contribution is 0.1000. The largest absolute Gasteiger partial charge is 0.508 e. The molecule has 6 nitrogen and oxygen atoms in total. The lowest BCUT2D eigenvalue weighted by Gasteiger charge is -2.07. The number of phenolic OH excluding ortho intramolecular Hbond substituents is 1. The highest BCUT2D eigenvalue weighted by Crippen LogP contribution is 2.27. The van der Waals surface area contributed by atoms with Crippen molar-refractivity contribution in [3.63, 3.8) is 0 Å². The van der Waals surface area contributed by atoms with Crippen molar-refractivity contribution in [1.82, 2.24) is 0 Å². The SMILES string of the molecule is NC(=O)c1cc(S(N)(=O)=O)c2cc(O)ccc2c1. The molecule has 0 bridgehead atoms. The molecule has 2 aromatic carbocycles. The van der Waals surface area contributed by atoms with Crippen LogP contribution in [0.15, 0.2) is 35.2 Å². The number of carbonyl (C=O) groups is 1. The molecule has 0 heterocycles. The highest BCUT2D eigenvalue weighted by atomic mass is 32.2. The van der Waals surface area contributed by atoms with Crippen LogP contribution in [0.25, 0.3) is 10.8 Å². The Morgan fingerprint density at radius 2 is 1.83 bits per heavy atom. The van der Waals surface area contributed by atoms with Gasteiger partial charge in [0.05, 0.1) is 4.90 Å². The van der Waals surface area contributed by atoms with Gasteiger partial charge in [-0.25, -0.2) is 13.6 Å². The number of aromatic hydroxyl groups is 1. The molecule has 2 rings (SSSR count). The molecule has 0 fully saturated rings. The number of fused-ring (bicyclic) bond motifs is 1. The number of benzene rings is 2. The van der Waals surface area contributed by atoms with E-state index in [-0.39, 0.29) is 21.6 Å². The average Bonchev–Trinajstić information content (AvgIpc) is 2.26. The summed E-state index contributed by atoms with van der Waals surface area (Å²) < 4.78 is 23.0. The smallest absolute Gasteiger partial charge is 0.248 e. The van der Waals surface area contributed by atoms with Crippen molar-refractivity contribution in [3.8, 4) is 5.75 Å². The van der Waals surface area contributed by atoms with Crippen molar-refractivity contribution >= 4 is 26.7 Å². The van der Waals surface area contributed by atoms with Crippen LogP contribution in [0.2, 0.25) is 0 Å². The number of rotatable bonds is 2. The Hall–Kier alpha value is -2.12. The second-order valence-corrected chi connectivity index (χ2v) is 5.32. The lowest BCUT2D eigenvalue weighted by Crippen LogP contribution is -2.16. The molecule has 0 radical (unpaired) electrons. The van der Waals surface area contributed by atoms with Gasteiger partial charge in [-0.1, -0.05) is 6.07 Å². The van der Waals surface area contributed by atoms with E-state index >= 15 is 0 Å². The van der Waals surface area contributed by atoms with Gasteiger partial charge in [0.15, 0.2) is 0 Å². The number of carbonyl (C=O) groups excluding carboxylic acids is 1. The maximum absolute atomic E-state index is 11.5. The van der Waals surface area contributed by atoms with Gasteiger partial charge in [0.25, 0.3) is 0 Å². The molecule has 0 aliphatic heterocycles. The molecule has 0 atom stereocenters. The highest BCUT2D eigenvalue weighted by Gasteiger charge is 2.16. The van der Waals surface area contributed by atoms with Crippen molar-refractivity contribution in [2.45, 2.75) is 4.90 Å². The molecule has 0 saturated heterocycles. The zero-order valence-corrected chi connectivity index (χ0v) is 9.94. The van der Waals surface area contributed by atoms with E-state index in [0.29, 0.717) is 5.39 Å². The Balaban J connectivity index is 2.95. The summed E-state index contributed by atoms with van der Waals surface area (Å²) in [6.45, 7) is 0. The number of nitrogens with two attached hydrogens (primary N) is 2. The normalized spacial score (nSPS) is 11.6. The number of primary amides is 1. The summed E-state index contributed by atoms with van der Waals surface area (Å²) in [7, 11) is -4.02. The number of phenols is 1. The monoisotopic (exact) mass is 266 g/mol. The molecule has 0 unspecified atom stereocenters. The average molecular weight is 266 g/mol. The maximum atomic E-state index is 11.5. The third-order valence-electron chi connectivity index (χ3n) is 2.49. The molecule has 0 aromatic heterocycles. The third kappa shape index (κ3) is 2.13. The predicted molar refractivity (Wildman–Crippen MR) is 65.5 cm³/mol. The van der Waals surface area contributed by atoms with E-state index in [2.05, 4.69) is 0 Å². The van der Waals surface area contributed by atoms with Crippen molar-refractivity contribution in [3.05, 3.63) is 35.9 Å². The van der Waals surface area contributed by atoms with Crippen molar-refractivity contribution in [1.29, 1.82) is 0 Å². The fourth-order valence-electron chi connectivity index (χ4n) is 1.69. The molecular formula is C11H10N2O4S. The molecule has 18 heavy (non-hydrogen) atoms. The Kier molecular flexibility index (Phi) is 2.72. The van der Waals surface area contributed by atoms with E-state index in [1.165, 1.54) is 24.3 Å². The van der Waals surface area contributed by atoms with Gasteiger partial charge in [0.1, 0.15) is 5.75 Å². The van der Waals surface area contributed by atoms with Crippen LogP contribution in [0.5, 0.6) is 5.75 Å². The summed E-state index contributed by atoms with van der Waals surface area (Å²) in [5.74, 6) is -0.853. The molecule has 5 N–H and O–H groups in total. The van der Waals surface area contributed by atoms with Crippen molar-refractivity contribution in [2.24, 2.45) is 10.9 Å². The minimum atomic E-state index is -4.02. The van der Waals surface area contributed by atoms with E-state index < -0.39 is 15.9 Å². The van der Waals surface area contributed by atoms with Crippen molar-refractivity contribution < 1.29 is 18.3 Å². The third-order valence-corrected chi connectivity index (χ3v) is 3.44. The Morgan fingerprint density at radius 1 is 1.17 bits per heavy atom. The Labute approximate surface area is 103 Å². The summed E-state index contributed by atoms with van der Waals surface area (Å²) in [4.78, 5) is 10.9. The standard InChI is InChI=1S/C11H10N2O4S/c12-11(15)7-3-6-1-2-8(14)5-9(6)10(4-7)18(13,16)17/h1-5,14H,(H2,12,15)(H2,13,16,17). The first-order valence-electron chi connectivity index (χ1n) is 4.88. The van der Waals surface area contributed by atoms with Gasteiger partial charge in [0.2, 0.25) is 15.9 Å². The maximum Gasteiger partial charge on any atom is 0.248 e. The van der Waals surface area contributed by atoms with Crippen LogP contribution in [0, 0.1) is 0 Å². The van der Waals surface area contributed by atoms with Gasteiger partial charge in [-0.05, 0) is 29.7 Å². The summed E-state index contributed by atoms with van der Waals surface area (Å²) in [6.07, 6.45) is 0. The van der Waals surface area contributed by atoms with Gasteiger partial charge in [-0.2, -0.15) is 0 Å². The first kappa shape index (κ1) is 12.3. The van der Waals surface area contributed by atoms with Crippen LogP contribution < -0.4 is 10.9 Å². The molecule has 7 heteroatoms. The first-order chi connectivity index (χ1) is 8.29. The zero-order valence-electron chi connectivity index (χ0n) is 9.12. The highest BCUT2D eigenvalue weighted by molar-refractivity contribution is 7.89. The molecule has 0 saturated carbocycles. The van der Waals surface area contributed by atoms with E-state index in [0.717, 1.165) is 6.07 Å². The van der Waals surface area contributed by atoms with Crippen LogP contribution in [-0.2, 0) is 10.0 Å². The number of amides is 1. The van der Waals surface area contributed by atoms with Crippen LogP contribution in [0.4, 0.5) is 0 Å². The van der Waals surface area contributed by atoms with E-state index in [9.17, 15) is 18.3 Å². The van der Waals surface area contributed by atoms with Gasteiger partial charge in [-0.3, -0.25) is 4.79 Å². The second-order valence-electron chi connectivity index (χ2n) is 3.79. The van der Waals surface area contributed by atoms with Gasteiger partial charge < -0.3 is 10.8 Å². The van der Waals surface area contributed by atoms with Crippen LogP contribution >= 0.6 is 0 Å². The van der Waals surface area contributed by atoms with Gasteiger partial charge in [-0.15, -0.1) is 0 Å².